The van der Waals surface area contributed by atoms with Crippen LogP contribution in [0.5, 0.6) is 0 Å². The number of nitrogens with two attached hydrogens (primary N) is 1. The molecule has 0 aliphatic carbocycles. The Labute approximate surface area is 127 Å². The fourth-order valence-corrected chi connectivity index (χ4v) is 4.28. The maximum absolute atomic E-state index is 12.4. The normalized spacial score (nSPS) is 12.1. The molecule has 1 atom stereocenters. The van der Waals surface area contributed by atoms with E-state index in [0.29, 0.717) is 21.3 Å². The van der Waals surface area contributed by atoms with Crippen molar-refractivity contribution >= 4 is 38.0 Å². The van der Waals surface area contributed by atoms with Crippen molar-refractivity contribution in [2.45, 2.75) is 10.1 Å². The van der Waals surface area contributed by atoms with E-state index in [9.17, 15) is 4.21 Å². The average Bonchev–Trinajstić information content (AvgIpc) is 2.91. The van der Waals surface area contributed by atoms with Crippen LogP contribution in [0.3, 0.4) is 0 Å². The van der Waals surface area contributed by atoms with E-state index in [1.165, 1.54) is 11.3 Å². The highest BCUT2D eigenvalue weighted by Crippen LogP contribution is 2.27. The molecular weight excluding hydrogens is 304 g/mol. The van der Waals surface area contributed by atoms with Crippen LogP contribution in [0.2, 0.25) is 0 Å². The Morgan fingerprint density at radius 1 is 1.38 bits per heavy atom. The second-order valence-electron chi connectivity index (χ2n) is 4.32. The van der Waals surface area contributed by atoms with E-state index in [-0.39, 0.29) is 5.75 Å². The van der Waals surface area contributed by atoms with Crippen LogP contribution in [0.4, 0.5) is 5.69 Å². The van der Waals surface area contributed by atoms with E-state index in [0.717, 1.165) is 10.2 Å². The summed E-state index contributed by atoms with van der Waals surface area (Å²) in [6.45, 7) is 0. The molecule has 0 aliphatic heterocycles. The van der Waals surface area contributed by atoms with Gasteiger partial charge in [-0.15, -0.1) is 11.3 Å². The number of nitrogens with zero attached hydrogens (tertiary/aromatic N) is 3. The van der Waals surface area contributed by atoms with E-state index in [1.54, 1.807) is 24.4 Å². The van der Waals surface area contributed by atoms with Crippen molar-refractivity contribution in [3.63, 3.8) is 0 Å². The molecule has 2 N–H and O–H groups in total. The van der Waals surface area contributed by atoms with Gasteiger partial charge in [0.15, 0.2) is 4.34 Å². The lowest BCUT2D eigenvalue weighted by atomic mass is 10.2. The van der Waals surface area contributed by atoms with Crippen LogP contribution in [0.15, 0.2) is 40.9 Å². The molecule has 0 saturated carbocycles. The molecule has 5 nitrogen and oxygen atoms in total. The Hall–Kier alpha value is -2.30. The van der Waals surface area contributed by atoms with E-state index in [2.05, 4.69) is 9.97 Å². The lowest BCUT2D eigenvalue weighted by Crippen LogP contribution is -1.99. The number of thiazole rings is 1. The van der Waals surface area contributed by atoms with Gasteiger partial charge in [0.25, 0.3) is 0 Å². The molecule has 0 bridgehead atoms. The molecular formula is C14H10N4OS2. The van der Waals surface area contributed by atoms with Crippen LogP contribution in [-0.4, -0.2) is 14.2 Å². The summed E-state index contributed by atoms with van der Waals surface area (Å²) in [5, 5.41) is 9.01. The van der Waals surface area contributed by atoms with Gasteiger partial charge in [-0.05, 0) is 24.3 Å². The van der Waals surface area contributed by atoms with Crippen molar-refractivity contribution in [3.8, 4) is 6.07 Å². The van der Waals surface area contributed by atoms with E-state index in [1.807, 2.05) is 18.2 Å². The predicted molar refractivity (Wildman–Crippen MR) is 83.1 cm³/mol. The molecule has 2 aromatic heterocycles. The zero-order valence-corrected chi connectivity index (χ0v) is 12.4. The summed E-state index contributed by atoms with van der Waals surface area (Å²) in [4.78, 5) is 8.33. The van der Waals surface area contributed by atoms with Gasteiger partial charge >= 0.3 is 0 Å². The van der Waals surface area contributed by atoms with E-state index < -0.39 is 10.8 Å². The first kappa shape index (κ1) is 13.7. The average molecular weight is 314 g/mol. The van der Waals surface area contributed by atoms with Crippen molar-refractivity contribution in [1.29, 1.82) is 5.26 Å². The molecule has 0 saturated heterocycles. The van der Waals surface area contributed by atoms with Crippen molar-refractivity contribution in [2.75, 3.05) is 5.73 Å². The fraction of sp³-hybridized carbons (Fsp3) is 0.0714. The first-order valence-corrected chi connectivity index (χ1v) is 8.19. The quantitative estimate of drug-likeness (QED) is 0.750. The topological polar surface area (TPSA) is 92.7 Å². The Kier molecular flexibility index (Phi) is 3.64. The van der Waals surface area contributed by atoms with Crippen molar-refractivity contribution in [2.24, 2.45) is 0 Å². The molecule has 0 amide bonds. The van der Waals surface area contributed by atoms with Crippen LogP contribution >= 0.6 is 11.3 Å². The third-order valence-electron chi connectivity index (χ3n) is 2.87. The van der Waals surface area contributed by atoms with Gasteiger partial charge in [-0.1, -0.05) is 6.07 Å². The van der Waals surface area contributed by atoms with Gasteiger partial charge in [0.05, 0.1) is 26.8 Å². The molecule has 104 valence electrons. The van der Waals surface area contributed by atoms with Crippen LogP contribution in [0, 0.1) is 11.3 Å². The summed E-state index contributed by atoms with van der Waals surface area (Å²) in [5.41, 5.74) is 8.13. The summed E-state index contributed by atoms with van der Waals surface area (Å²) < 4.78 is 13.9. The second-order valence-corrected chi connectivity index (χ2v) is 6.98. The first-order valence-electron chi connectivity index (χ1n) is 6.06. The molecule has 0 fully saturated rings. The van der Waals surface area contributed by atoms with Gasteiger partial charge in [-0.3, -0.25) is 4.21 Å². The van der Waals surface area contributed by atoms with E-state index in [4.69, 9.17) is 11.0 Å². The standard InChI is InChI=1S/C14H10N4OS2/c15-7-12-9(2-1-5-17-12)8-21(19)14-18-11-4-3-10(16)6-13(11)20-14/h1-6H,8,16H2. The predicted octanol–water partition coefficient (Wildman–Crippen LogP) is 2.45. The van der Waals surface area contributed by atoms with E-state index >= 15 is 0 Å². The molecule has 0 radical (unpaired) electrons. The Balaban J connectivity index is 1.92. The summed E-state index contributed by atoms with van der Waals surface area (Å²) in [6.07, 6.45) is 1.55. The number of hydrogen-bond donors (Lipinski definition) is 1. The third kappa shape index (κ3) is 2.77. The van der Waals surface area contributed by atoms with Gasteiger partial charge in [-0.2, -0.15) is 5.26 Å². The van der Waals surface area contributed by atoms with Gasteiger partial charge in [0.2, 0.25) is 0 Å². The lowest BCUT2D eigenvalue weighted by Gasteiger charge is -2.00. The van der Waals surface area contributed by atoms with Crippen LogP contribution in [0.25, 0.3) is 10.2 Å². The fourth-order valence-electron chi connectivity index (χ4n) is 1.88. The molecule has 1 aromatic carbocycles. The number of hydrogen-bond acceptors (Lipinski definition) is 6. The summed E-state index contributed by atoms with van der Waals surface area (Å²) in [7, 11) is -1.31. The number of aromatic nitrogens is 2. The van der Waals surface area contributed by atoms with Crippen LogP contribution in [0.1, 0.15) is 11.3 Å². The number of pyridine rings is 1. The summed E-state index contributed by atoms with van der Waals surface area (Å²) >= 11 is 1.36. The highest BCUT2D eigenvalue weighted by Gasteiger charge is 2.14. The van der Waals surface area contributed by atoms with Gasteiger partial charge in [0.1, 0.15) is 11.8 Å². The number of rotatable bonds is 3. The number of anilines is 1. The molecule has 3 rings (SSSR count). The highest BCUT2D eigenvalue weighted by molar-refractivity contribution is 7.86. The highest BCUT2D eigenvalue weighted by atomic mass is 32.2. The molecule has 2 heterocycles. The molecule has 0 aliphatic rings. The second kappa shape index (κ2) is 5.60. The minimum absolute atomic E-state index is 0.228. The minimum Gasteiger partial charge on any atom is -0.399 e. The zero-order valence-electron chi connectivity index (χ0n) is 10.8. The monoisotopic (exact) mass is 314 g/mol. The smallest absolute Gasteiger partial charge is 0.182 e. The largest absolute Gasteiger partial charge is 0.399 e. The molecule has 3 aromatic rings. The molecule has 21 heavy (non-hydrogen) atoms. The van der Waals surface area contributed by atoms with Gasteiger partial charge in [0, 0.05) is 17.4 Å². The number of nitriles is 1. The SMILES string of the molecule is N#Cc1ncccc1CS(=O)c1nc2ccc(N)cc2s1. The summed E-state index contributed by atoms with van der Waals surface area (Å²) in [6, 6.07) is 10.9. The molecule has 0 spiro atoms. The number of nitrogen functional groups attached to an aromatic ring is 1. The van der Waals surface area contributed by atoms with Gasteiger partial charge < -0.3 is 5.73 Å². The summed E-state index contributed by atoms with van der Waals surface area (Å²) in [5.74, 6) is 0.228. The lowest BCUT2D eigenvalue weighted by molar-refractivity contribution is 0.682. The zero-order chi connectivity index (χ0) is 14.8. The first-order chi connectivity index (χ1) is 10.2. The minimum atomic E-state index is -1.31. The van der Waals surface area contributed by atoms with Crippen LogP contribution < -0.4 is 5.73 Å². The Morgan fingerprint density at radius 3 is 3.05 bits per heavy atom. The maximum atomic E-state index is 12.4. The Morgan fingerprint density at radius 2 is 2.24 bits per heavy atom. The maximum Gasteiger partial charge on any atom is 0.182 e. The van der Waals surface area contributed by atoms with Crippen LogP contribution in [-0.2, 0) is 16.6 Å². The number of fused-ring (bicyclic) bond motifs is 1. The van der Waals surface area contributed by atoms with Gasteiger partial charge in [-0.25, -0.2) is 9.97 Å². The van der Waals surface area contributed by atoms with Crippen molar-refractivity contribution in [1.82, 2.24) is 9.97 Å². The van der Waals surface area contributed by atoms with Crippen molar-refractivity contribution in [3.05, 3.63) is 47.8 Å². The third-order valence-corrected chi connectivity index (χ3v) is 5.55. The number of benzene rings is 1. The Bertz CT molecular complexity index is 882. The van der Waals surface area contributed by atoms with Crippen molar-refractivity contribution < 1.29 is 4.21 Å². The molecule has 1 unspecified atom stereocenters. The molecule has 7 heteroatoms.